The van der Waals surface area contributed by atoms with Crippen molar-refractivity contribution >= 4 is 0 Å². The van der Waals surface area contributed by atoms with Gasteiger partial charge in [0.15, 0.2) is 0 Å². The van der Waals surface area contributed by atoms with Gasteiger partial charge in [0, 0.05) is 5.54 Å². The third kappa shape index (κ3) is 1.94. The summed E-state index contributed by atoms with van der Waals surface area (Å²) in [5.74, 6) is 0. The number of hydrogen-bond acceptors (Lipinski definition) is 2. The lowest BCUT2D eigenvalue weighted by Crippen LogP contribution is -2.51. The molecule has 0 aromatic heterocycles. The van der Waals surface area contributed by atoms with Gasteiger partial charge < -0.3 is 10.0 Å². The Bertz CT molecular complexity index is 96.1. The van der Waals surface area contributed by atoms with Crippen LogP contribution >= 0.6 is 0 Å². The Kier molecular flexibility index (Phi) is 4.04. The Labute approximate surface area is 70.2 Å². The van der Waals surface area contributed by atoms with Crippen LogP contribution in [0, 0.1) is 0 Å². The Hall–Kier alpha value is -0.0800. The molecule has 0 saturated heterocycles. The SMILES string of the molecule is CCC(CC)(C(C)O)N(C)C. The predicted molar refractivity (Wildman–Crippen MR) is 48.7 cm³/mol. The second-order valence-electron chi connectivity index (χ2n) is 3.38. The van der Waals surface area contributed by atoms with Gasteiger partial charge in [0.05, 0.1) is 6.10 Å². The van der Waals surface area contributed by atoms with E-state index in [9.17, 15) is 5.11 Å². The molecule has 0 bridgehead atoms. The van der Waals surface area contributed by atoms with Gasteiger partial charge in [-0.2, -0.15) is 0 Å². The van der Waals surface area contributed by atoms with Gasteiger partial charge in [-0.05, 0) is 33.9 Å². The number of nitrogens with zero attached hydrogens (tertiary/aromatic N) is 1. The minimum Gasteiger partial charge on any atom is -0.391 e. The molecule has 2 nitrogen and oxygen atoms in total. The van der Waals surface area contributed by atoms with E-state index in [0.29, 0.717) is 0 Å². The minimum atomic E-state index is -0.257. The molecule has 0 spiro atoms. The summed E-state index contributed by atoms with van der Waals surface area (Å²) < 4.78 is 0. The Morgan fingerprint density at radius 3 is 1.64 bits per heavy atom. The van der Waals surface area contributed by atoms with Gasteiger partial charge in [0.1, 0.15) is 0 Å². The first-order valence-corrected chi connectivity index (χ1v) is 4.36. The minimum absolute atomic E-state index is 0.0278. The largest absolute Gasteiger partial charge is 0.391 e. The summed E-state index contributed by atoms with van der Waals surface area (Å²) in [6, 6.07) is 0. The van der Waals surface area contributed by atoms with E-state index in [2.05, 4.69) is 18.7 Å². The van der Waals surface area contributed by atoms with E-state index in [-0.39, 0.29) is 11.6 Å². The summed E-state index contributed by atoms with van der Waals surface area (Å²) in [6.07, 6.45) is 1.73. The maximum Gasteiger partial charge on any atom is 0.0695 e. The summed E-state index contributed by atoms with van der Waals surface area (Å²) in [5, 5.41) is 9.59. The van der Waals surface area contributed by atoms with Crippen molar-refractivity contribution in [1.29, 1.82) is 0 Å². The highest BCUT2D eigenvalue weighted by Crippen LogP contribution is 2.25. The quantitative estimate of drug-likeness (QED) is 0.671. The van der Waals surface area contributed by atoms with Crippen molar-refractivity contribution in [3.63, 3.8) is 0 Å². The van der Waals surface area contributed by atoms with Crippen LogP contribution in [0.5, 0.6) is 0 Å². The van der Waals surface area contributed by atoms with Gasteiger partial charge in [0.25, 0.3) is 0 Å². The molecule has 11 heavy (non-hydrogen) atoms. The molecular weight excluding hydrogens is 138 g/mol. The number of aliphatic hydroxyl groups is 1. The Balaban J connectivity index is 4.46. The number of hydrogen-bond donors (Lipinski definition) is 1. The molecule has 0 heterocycles. The molecule has 0 aliphatic carbocycles. The highest BCUT2D eigenvalue weighted by molar-refractivity contribution is 4.89. The van der Waals surface area contributed by atoms with E-state index in [1.54, 1.807) is 0 Å². The summed E-state index contributed by atoms with van der Waals surface area (Å²) in [6.45, 7) is 6.11. The highest BCUT2D eigenvalue weighted by Gasteiger charge is 2.33. The summed E-state index contributed by atoms with van der Waals surface area (Å²) in [5.41, 5.74) is -0.0278. The van der Waals surface area contributed by atoms with Gasteiger partial charge in [-0.3, -0.25) is 0 Å². The van der Waals surface area contributed by atoms with Crippen molar-refractivity contribution in [2.75, 3.05) is 14.1 Å². The highest BCUT2D eigenvalue weighted by atomic mass is 16.3. The molecule has 1 unspecified atom stereocenters. The second-order valence-corrected chi connectivity index (χ2v) is 3.38. The van der Waals surface area contributed by atoms with Crippen LogP contribution in [-0.4, -0.2) is 35.7 Å². The maximum absolute atomic E-state index is 9.59. The van der Waals surface area contributed by atoms with Crippen LogP contribution in [0.15, 0.2) is 0 Å². The molecule has 0 radical (unpaired) electrons. The van der Waals surface area contributed by atoms with Crippen molar-refractivity contribution in [2.45, 2.75) is 45.3 Å². The van der Waals surface area contributed by atoms with Crippen LogP contribution in [0.25, 0.3) is 0 Å². The summed E-state index contributed by atoms with van der Waals surface area (Å²) >= 11 is 0. The Morgan fingerprint density at radius 1 is 1.27 bits per heavy atom. The normalized spacial score (nSPS) is 15.5. The van der Waals surface area contributed by atoms with E-state index in [4.69, 9.17) is 0 Å². The Morgan fingerprint density at radius 2 is 1.64 bits per heavy atom. The molecule has 0 aliphatic heterocycles. The molecule has 0 saturated carbocycles. The van der Waals surface area contributed by atoms with Crippen LogP contribution in [0.2, 0.25) is 0 Å². The standard InChI is InChI=1S/C9H21NO/c1-6-9(7-2,8(3)11)10(4)5/h8,11H,6-7H2,1-5H3. The van der Waals surface area contributed by atoms with E-state index >= 15 is 0 Å². The average Bonchev–Trinajstić information content (AvgIpc) is 1.90. The van der Waals surface area contributed by atoms with E-state index in [1.165, 1.54) is 0 Å². The fourth-order valence-corrected chi connectivity index (χ4v) is 1.85. The van der Waals surface area contributed by atoms with Gasteiger partial charge >= 0.3 is 0 Å². The number of rotatable bonds is 4. The molecular formula is C9H21NO. The predicted octanol–water partition coefficient (Wildman–Crippen LogP) is 1.49. The fourth-order valence-electron chi connectivity index (χ4n) is 1.85. The van der Waals surface area contributed by atoms with Crippen molar-refractivity contribution in [3.8, 4) is 0 Å². The lowest BCUT2D eigenvalue weighted by molar-refractivity contribution is -0.00172. The second kappa shape index (κ2) is 4.07. The van der Waals surface area contributed by atoms with Crippen LogP contribution in [0.1, 0.15) is 33.6 Å². The zero-order valence-corrected chi connectivity index (χ0v) is 8.39. The first kappa shape index (κ1) is 10.9. The molecule has 0 rings (SSSR count). The summed E-state index contributed by atoms with van der Waals surface area (Å²) in [7, 11) is 4.06. The van der Waals surface area contributed by atoms with Crippen molar-refractivity contribution in [2.24, 2.45) is 0 Å². The zero-order chi connectivity index (χ0) is 9.07. The molecule has 0 amide bonds. The van der Waals surface area contributed by atoms with Crippen molar-refractivity contribution < 1.29 is 5.11 Å². The third-order valence-corrected chi connectivity index (χ3v) is 2.89. The van der Waals surface area contributed by atoms with Gasteiger partial charge in [-0.1, -0.05) is 13.8 Å². The summed E-state index contributed by atoms with van der Waals surface area (Å²) in [4.78, 5) is 2.12. The van der Waals surface area contributed by atoms with Crippen LogP contribution in [-0.2, 0) is 0 Å². The van der Waals surface area contributed by atoms with E-state index < -0.39 is 0 Å². The monoisotopic (exact) mass is 159 g/mol. The molecule has 68 valence electrons. The van der Waals surface area contributed by atoms with E-state index in [1.807, 2.05) is 21.0 Å². The lowest BCUT2D eigenvalue weighted by atomic mass is 9.86. The first-order chi connectivity index (χ1) is 5.01. The van der Waals surface area contributed by atoms with Gasteiger partial charge in [0.2, 0.25) is 0 Å². The van der Waals surface area contributed by atoms with Gasteiger partial charge in [-0.25, -0.2) is 0 Å². The van der Waals surface area contributed by atoms with Crippen LogP contribution in [0.3, 0.4) is 0 Å². The third-order valence-electron chi connectivity index (χ3n) is 2.89. The van der Waals surface area contributed by atoms with Crippen LogP contribution < -0.4 is 0 Å². The molecule has 1 atom stereocenters. The molecule has 0 aliphatic rings. The number of aliphatic hydroxyl groups excluding tert-OH is 1. The fraction of sp³-hybridized carbons (Fsp3) is 1.00. The lowest BCUT2D eigenvalue weighted by Gasteiger charge is -2.41. The zero-order valence-electron chi connectivity index (χ0n) is 8.39. The molecule has 1 N–H and O–H groups in total. The van der Waals surface area contributed by atoms with Gasteiger partial charge in [-0.15, -0.1) is 0 Å². The molecule has 2 heteroatoms. The molecule has 0 aromatic carbocycles. The van der Waals surface area contributed by atoms with Crippen LogP contribution in [0.4, 0.5) is 0 Å². The molecule has 0 fully saturated rings. The topological polar surface area (TPSA) is 23.5 Å². The average molecular weight is 159 g/mol. The first-order valence-electron chi connectivity index (χ1n) is 4.36. The van der Waals surface area contributed by atoms with E-state index in [0.717, 1.165) is 12.8 Å². The molecule has 0 aromatic rings. The maximum atomic E-state index is 9.59. The number of likely N-dealkylation sites (N-methyl/N-ethyl adjacent to an activating group) is 1. The van der Waals surface area contributed by atoms with Crippen molar-refractivity contribution in [1.82, 2.24) is 4.90 Å². The smallest absolute Gasteiger partial charge is 0.0695 e. The van der Waals surface area contributed by atoms with Crippen molar-refractivity contribution in [3.05, 3.63) is 0 Å².